The van der Waals surface area contributed by atoms with Crippen molar-refractivity contribution in [3.63, 3.8) is 0 Å². The lowest BCUT2D eigenvalue weighted by Crippen LogP contribution is -2.26. The Hall–Kier alpha value is -2.90. The molecule has 3 rings (SSSR count). The molecule has 0 spiro atoms. The molecule has 0 aliphatic heterocycles. The number of hydrogen-bond donors (Lipinski definition) is 2. The molecule has 7 heteroatoms. The van der Waals surface area contributed by atoms with Crippen LogP contribution >= 0.6 is 0 Å². The number of nitrogens with one attached hydrogen (secondary N) is 1. The number of carbonyl (C=O) groups is 1. The third-order valence-corrected chi connectivity index (χ3v) is 5.52. The van der Waals surface area contributed by atoms with Gasteiger partial charge in [0.2, 0.25) is 10.0 Å². The highest BCUT2D eigenvalue weighted by molar-refractivity contribution is 7.89. The molecule has 0 aliphatic carbocycles. The van der Waals surface area contributed by atoms with Crippen molar-refractivity contribution in [3.05, 3.63) is 72.3 Å². The van der Waals surface area contributed by atoms with Crippen molar-refractivity contribution in [2.24, 2.45) is 0 Å². The summed E-state index contributed by atoms with van der Waals surface area (Å²) in [5, 5.41) is 10.5. The van der Waals surface area contributed by atoms with Crippen molar-refractivity contribution in [2.45, 2.75) is 11.3 Å². The first kappa shape index (κ1) is 18.9. The van der Waals surface area contributed by atoms with E-state index in [0.717, 1.165) is 5.39 Å². The molecule has 0 unspecified atom stereocenters. The second-order valence-electron chi connectivity index (χ2n) is 5.91. The molecule has 0 heterocycles. The topological polar surface area (TPSA) is 92.7 Å². The Morgan fingerprint density at radius 3 is 2.56 bits per heavy atom. The zero-order valence-electron chi connectivity index (χ0n) is 14.5. The van der Waals surface area contributed by atoms with E-state index in [9.17, 15) is 13.2 Å². The van der Waals surface area contributed by atoms with Gasteiger partial charge in [-0.2, -0.15) is 0 Å². The van der Waals surface area contributed by atoms with E-state index in [1.165, 1.54) is 12.1 Å². The van der Waals surface area contributed by atoms with Crippen molar-refractivity contribution >= 4 is 26.8 Å². The number of ether oxygens (including phenoxy) is 1. The minimum atomic E-state index is -3.63. The van der Waals surface area contributed by atoms with Gasteiger partial charge < -0.3 is 9.84 Å². The minimum Gasteiger partial charge on any atom is -0.494 e. The van der Waals surface area contributed by atoms with Crippen LogP contribution in [0.4, 0.5) is 0 Å². The third kappa shape index (κ3) is 4.64. The van der Waals surface area contributed by atoms with Crippen LogP contribution in [0.3, 0.4) is 0 Å². The SMILES string of the molecule is O=C(O)c1cccc(OCCCNS(=O)(=O)c2cccc3ccccc23)c1. The molecule has 0 bridgehead atoms. The van der Waals surface area contributed by atoms with Crippen LogP contribution in [0.5, 0.6) is 5.75 Å². The quantitative estimate of drug-likeness (QED) is 0.581. The Morgan fingerprint density at radius 2 is 1.74 bits per heavy atom. The summed E-state index contributed by atoms with van der Waals surface area (Å²) in [5.74, 6) is -0.588. The van der Waals surface area contributed by atoms with Gasteiger partial charge in [0.25, 0.3) is 0 Å². The van der Waals surface area contributed by atoms with Crippen LogP contribution in [-0.2, 0) is 10.0 Å². The monoisotopic (exact) mass is 385 g/mol. The zero-order valence-corrected chi connectivity index (χ0v) is 15.3. The first-order valence-electron chi connectivity index (χ1n) is 8.41. The number of fused-ring (bicyclic) bond motifs is 1. The highest BCUT2D eigenvalue weighted by Crippen LogP contribution is 2.22. The predicted octanol–water partition coefficient (Wildman–Crippen LogP) is 3.29. The molecule has 0 amide bonds. The molecule has 140 valence electrons. The van der Waals surface area contributed by atoms with Crippen LogP contribution < -0.4 is 9.46 Å². The van der Waals surface area contributed by atoms with Crippen molar-refractivity contribution in [1.29, 1.82) is 0 Å². The zero-order chi connectivity index (χ0) is 19.3. The number of hydrogen-bond acceptors (Lipinski definition) is 4. The second-order valence-corrected chi connectivity index (χ2v) is 7.65. The van der Waals surface area contributed by atoms with Gasteiger partial charge in [-0.25, -0.2) is 17.9 Å². The lowest BCUT2D eigenvalue weighted by atomic mass is 10.1. The summed E-state index contributed by atoms with van der Waals surface area (Å²) in [7, 11) is -3.63. The number of carboxylic acid groups (broad SMARTS) is 1. The molecule has 3 aromatic carbocycles. The van der Waals surface area contributed by atoms with Crippen molar-refractivity contribution < 1.29 is 23.1 Å². The van der Waals surface area contributed by atoms with Gasteiger partial charge in [-0.05, 0) is 36.1 Å². The highest BCUT2D eigenvalue weighted by Gasteiger charge is 2.16. The molecular weight excluding hydrogens is 366 g/mol. The van der Waals surface area contributed by atoms with E-state index >= 15 is 0 Å². The molecule has 0 saturated heterocycles. The smallest absolute Gasteiger partial charge is 0.335 e. The van der Waals surface area contributed by atoms with Crippen LogP contribution in [0, 0.1) is 0 Å². The van der Waals surface area contributed by atoms with Crippen molar-refractivity contribution in [2.75, 3.05) is 13.2 Å². The van der Waals surface area contributed by atoms with Crippen LogP contribution in [0.25, 0.3) is 10.8 Å². The minimum absolute atomic E-state index is 0.143. The van der Waals surface area contributed by atoms with Gasteiger partial charge >= 0.3 is 5.97 Å². The van der Waals surface area contributed by atoms with Crippen molar-refractivity contribution in [1.82, 2.24) is 4.72 Å². The van der Waals surface area contributed by atoms with Gasteiger partial charge in [-0.1, -0.05) is 42.5 Å². The molecule has 6 nitrogen and oxygen atoms in total. The average molecular weight is 385 g/mol. The van der Waals surface area contributed by atoms with Gasteiger partial charge in [0.1, 0.15) is 5.75 Å². The molecule has 0 fully saturated rings. The van der Waals surface area contributed by atoms with Gasteiger partial charge in [0.15, 0.2) is 0 Å². The Labute approximate surface area is 157 Å². The summed E-state index contributed by atoms with van der Waals surface area (Å²) in [6.07, 6.45) is 0.446. The summed E-state index contributed by atoms with van der Waals surface area (Å²) in [6.45, 7) is 0.477. The van der Waals surface area contributed by atoms with Gasteiger partial charge in [-0.3, -0.25) is 0 Å². The molecule has 27 heavy (non-hydrogen) atoms. The first-order valence-corrected chi connectivity index (χ1v) is 9.89. The molecular formula is C20H19NO5S. The lowest BCUT2D eigenvalue weighted by Gasteiger charge is -2.10. The summed E-state index contributed by atoms with van der Waals surface area (Å²) in [5.41, 5.74) is 0.143. The highest BCUT2D eigenvalue weighted by atomic mass is 32.2. The van der Waals surface area contributed by atoms with E-state index in [0.29, 0.717) is 17.6 Å². The fraction of sp³-hybridized carbons (Fsp3) is 0.150. The Kier molecular flexibility index (Phi) is 5.73. The van der Waals surface area contributed by atoms with E-state index < -0.39 is 16.0 Å². The number of sulfonamides is 1. The van der Waals surface area contributed by atoms with Crippen LogP contribution in [-0.4, -0.2) is 32.6 Å². The van der Waals surface area contributed by atoms with Crippen molar-refractivity contribution in [3.8, 4) is 5.75 Å². The number of aromatic carboxylic acids is 1. The molecule has 0 atom stereocenters. The summed E-state index contributed by atoms with van der Waals surface area (Å²) in [6, 6.07) is 18.7. The predicted molar refractivity (Wildman–Crippen MR) is 103 cm³/mol. The fourth-order valence-corrected chi connectivity index (χ4v) is 4.00. The Bertz CT molecular complexity index is 1060. The normalized spacial score (nSPS) is 11.4. The molecule has 3 aromatic rings. The van der Waals surface area contributed by atoms with Gasteiger partial charge in [0, 0.05) is 11.9 Å². The molecule has 0 radical (unpaired) electrons. The van der Waals surface area contributed by atoms with Gasteiger partial charge in [0.05, 0.1) is 17.1 Å². The van der Waals surface area contributed by atoms with E-state index in [1.807, 2.05) is 18.2 Å². The van der Waals surface area contributed by atoms with Crippen LogP contribution in [0.15, 0.2) is 71.6 Å². The average Bonchev–Trinajstić information content (AvgIpc) is 2.67. The van der Waals surface area contributed by atoms with E-state index in [1.54, 1.807) is 36.4 Å². The number of benzene rings is 3. The molecule has 0 aliphatic rings. The molecule has 0 saturated carbocycles. The largest absolute Gasteiger partial charge is 0.494 e. The summed E-state index contributed by atoms with van der Waals surface area (Å²) < 4.78 is 33.2. The Morgan fingerprint density at radius 1 is 1.00 bits per heavy atom. The van der Waals surface area contributed by atoms with Gasteiger partial charge in [-0.15, -0.1) is 0 Å². The second kappa shape index (κ2) is 8.20. The number of carboxylic acids is 1. The maximum atomic E-state index is 12.6. The standard InChI is InChI=1S/C20H19NO5S/c22-20(23)16-8-3-9-17(14-16)26-13-5-12-21-27(24,25)19-11-4-7-15-6-1-2-10-18(15)19/h1-4,6-11,14,21H,5,12-13H2,(H,22,23). The molecule has 2 N–H and O–H groups in total. The van der Waals surface area contributed by atoms with Crippen LogP contribution in [0.1, 0.15) is 16.8 Å². The third-order valence-electron chi connectivity index (χ3n) is 4.00. The molecule has 0 aromatic heterocycles. The Balaban J connectivity index is 1.57. The number of rotatable bonds is 8. The fourth-order valence-electron chi connectivity index (χ4n) is 2.70. The summed E-state index contributed by atoms with van der Waals surface area (Å²) in [4.78, 5) is 11.2. The first-order chi connectivity index (χ1) is 13.0. The van der Waals surface area contributed by atoms with E-state index in [2.05, 4.69) is 4.72 Å². The lowest BCUT2D eigenvalue weighted by molar-refractivity contribution is 0.0696. The van der Waals surface area contributed by atoms with E-state index in [4.69, 9.17) is 9.84 Å². The summed E-state index contributed by atoms with van der Waals surface area (Å²) >= 11 is 0. The maximum Gasteiger partial charge on any atom is 0.335 e. The maximum absolute atomic E-state index is 12.6. The van der Waals surface area contributed by atoms with Crippen LogP contribution in [0.2, 0.25) is 0 Å². The van der Waals surface area contributed by atoms with E-state index in [-0.39, 0.29) is 23.6 Å².